The number of carbonyl (C=O) groups is 1. The summed E-state index contributed by atoms with van der Waals surface area (Å²) in [6.45, 7) is 4.38. The van der Waals surface area contributed by atoms with Gasteiger partial charge in [-0.25, -0.2) is 4.79 Å². The van der Waals surface area contributed by atoms with Gasteiger partial charge in [0.2, 0.25) is 0 Å². The summed E-state index contributed by atoms with van der Waals surface area (Å²) in [6, 6.07) is 0.434. The third kappa shape index (κ3) is 3.23. The Kier molecular flexibility index (Phi) is 5.31. The number of morpholine rings is 1. The predicted octanol–water partition coefficient (Wildman–Crippen LogP) is 0.283. The van der Waals surface area contributed by atoms with Crippen LogP contribution >= 0.6 is 12.4 Å². The topological polar surface area (TPSA) is 58.8 Å². The first-order valence-electron chi connectivity index (χ1n) is 5.64. The highest BCUT2D eigenvalue weighted by molar-refractivity contribution is 5.85. The fourth-order valence-corrected chi connectivity index (χ4v) is 2.05. The molecule has 2 fully saturated rings. The Labute approximate surface area is 102 Å². The highest BCUT2D eigenvalue weighted by Gasteiger charge is 2.25. The number of hydrogen-bond acceptors (Lipinski definition) is 3. The Morgan fingerprint density at radius 3 is 2.12 bits per heavy atom. The zero-order valence-electron chi connectivity index (χ0n) is 9.43. The molecule has 0 aromatic carbocycles. The average Bonchev–Trinajstić information content (AvgIpc) is 2.30. The van der Waals surface area contributed by atoms with Crippen LogP contribution in [0.4, 0.5) is 4.79 Å². The maximum Gasteiger partial charge on any atom is 0.320 e. The molecule has 0 saturated carbocycles. The van der Waals surface area contributed by atoms with E-state index in [1.807, 2.05) is 9.80 Å². The zero-order chi connectivity index (χ0) is 10.7. The molecule has 2 aliphatic rings. The van der Waals surface area contributed by atoms with Crippen molar-refractivity contribution in [3.05, 3.63) is 0 Å². The molecule has 0 radical (unpaired) electrons. The van der Waals surface area contributed by atoms with E-state index in [9.17, 15) is 4.79 Å². The maximum absolute atomic E-state index is 12.0. The highest BCUT2D eigenvalue weighted by atomic mass is 35.5. The number of nitrogens with zero attached hydrogens (tertiary/aromatic N) is 2. The molecule has 2 aliphatic heterocycles. The lowest BCUT2D eigenvalue weighted by atomic mass is 10.1. The Bertz CT molecular complexity index is 226. The van der Waals surface area contributed by atoms with Crippen LogP contribution in [0.5, 0.6) is 0 Å². The minimum atomic E-state index is 0. The molecule has 16 heavy (non-hydrogen) atoms. The molecule has 0 aromatic heterocycles. The van der Waals surface area contributed by atoms with Gasteiger partial charge in [0.25, 0.3) is 0 Å². The van der Waals surface area contributed by atoms with Gasteiger partial charge < -0.3 is 20.3 Å². The third-order valence-corrected chi connectivity index (χ3v) is 3.09. The summed E-state index contributed by atoms with van der Waals surface area (Å²) >= 11 is 0. The summed E-state index contributed by atoms with van der Waals surface area (Å²) in [7, 11) is 0. The van der Waals surface area contributed by atoms with E-state index >= 15 is 0 Å². The van der Waals surface area contributed by atoms with Crippen molar-refractivity contribution in [1.82, 2.24) is 9.80 Å². The van der Waals surface area contributed by atoms with E-state index in [1.165, 1.54) is 0 Å². The lowest BCUT2D eigenvalue weighted by molar-refractivity contribution is 0.0412. The van der Waals surface area contributed by atoms with Gasteiger partial charge in [-0.1, -0.05) is 0 Å². The van der Waals surface area contributed by atoms with Crippen LogP contribution in [0.25, 0.3) is 0 Å². The number of nitrogens with two attached hydrogens (primary N) is 1. The number of carbonyl (C=O) groups excluding carboxylic acids is 1. The van der Waals surface area contributed by atoms with Crippen molar-refractivity contribution in [1.29, 1.82) is 0 Å². The van der Waals surface area contributed by atoms with Crippen molar-refractivity contribution in [2.24, 2.45) is 5.73 Å². The van der Waals surface area contributed by atoms with Gasteiger partial charge in [0.1, 0.15) is 0 Å². The Hall–Kier alpha value is -0.520. The van der Waals surface area contributed by atoms with E-state index in [4.69, 9.17) is 10.5 Å². The minimum absolute atomic E-state index is 0. The molecule has 2 N–H and O–H groups in total. The van der Waals surface area contributed by atoms with Crippen molar-refractivity contribution >= 4 is 18.4 Å². The minimum Gasteiger partial charge on any atom is -0.378 e. The van der Waals surface area contributed by atoms with Crippen molar-refractivity contribution in [2.45, 2.75) is 18.9 Å². The Balaban J connectivity index is 0.00000128. The highest BCUT2D eigenvalue weighted by Crippen LogP contribution is 2.11. The fraction of sp³-hybridized carbons (Fsp3) is 0.900. The largest absolute Gasteiger partial charge is 0.378 e. The van der Waals surface area contributed by atoms with Gasteiger partial charge in [0.05, 0.1) is 13.2 Å². The third-order valence-electron chi connectivity index (χ3n) is 3.09. The van der Waals surface area contributed by atoms with Crippen molar-refractivity contribution in [2.75, 3.05) is 39.4 Å². The van der Waals surface area contributed by atoms with Crippen LogP contribution in [0.15, 0.2) is 0 Å². The first kappa shape index (κ1) is 13.5. The lowest BCUT2D eigenvalue weighted by Crippen LogP contribution is -2.51. The average molecular weight is 250 g/mol. The van der Waals surface area contributed by atoms with Gasteiger partial charge in [-0.05, 0) is 12.8 Å². The molecule has 5 nitrogen and oxygen atoms in total. The van der Waals surface area contributed by atoms with Crippen LogP contribution in [0.2, 0.25) is 0 Å². The van der Waals surface area contributed by atoms with Crippen LogP contribution < -0.4 is 5.73 Å². The van der Waals surface area contributed by atoms with Crippen molar-refractivity contribution in [3.8, 4) is 0 Å². The van der Waals surface area contributed by atoms with E-state index in [1.54, 1.807) is 0 Å². The van der Waals surface area contributed by atoms with E-state index in [0.717, 1.165) is 39.0 Å². The smallest absolute Gasteiger partial charge is 0.320 e. The molecule has 6 heteroatoms. The molecule has 94 valence electrons. The second-order valence-electron chi connectivity index (χ2n) is 4.21. The van der Waals surface area contributed by atoms with Crippen LogP contribution in [-0.4, -0.2) is 61.3 Å². The quantitative estimate of drug-likeness (QED) is 0.671. The lowest BCUT2D eigenvalue weighted by Gasteiger charge is -2.36. The number of halogens is 1. The normalized spacial score (nSPS) is 22.8. The number of rotatable bonds is 0. The van der Waals surface area contributed by atoms with Gasteiger partial charge in [0.15, 0.2) is 0 Å². The van der Waals surface area contributed by atoms with E-state index in [0.29, 0.717) is 13.2 Å². The van der Waals surface area contributed by atoms with Crippen molar-refractivity contribution < 1.29 is 9.53 Å². The first-order valence-corrected chi connectivity index (χ1v) is 5.64. The molecule has 2 heterocycles. The number of piperidine rings is 1. The predicted molar refractivity (Wildman–Crippen MR) is 63.8 cm³/mol. The molecule has 0 unspecified atom stereocenters. The number of urea groups is 1. The van der Waals surface area contributed by atoms with Crippen LogP contribution in [0.3, 0.4) is 0 Å². The van der Waals surface area contributed by atoms with Crippen LogP contribution in [0.1, 0.15) is 12.8 Å². The monoisotopic (exact) mass is 249 g/mol. The summed E-state index contributed by atoms with van der Waals surface area (Å²) < 4.78 is 5.22. The summed E-state index contributed by atoms with van der Waals surface area (Å²) in [6.07, 6.45) is 1.85. The summed E-state index contributed by atoms with van der Waals surface area (Å²) in [5.74, 6) is 0. The number of ether oxygens (including phenoxy) is 1. The van der Waals surface area contributed by atoms with Gasteiger partial charge >= 0.3 is 6.03 Å². The Morgan fingerprint density at radius 2 is 1.56 bits per heavy atom. The SMILES string of the molecule is Cl.NC1CCN(C(=O)N2CCOCC2)CC1. The molecule has 0 aromatic rings. The standard InChI is InChI=1S/C10H19N3O2.ClH/c11-9-1-3-12(4-2-9)10(14)13-5-7-15-8-6-13;/h9H,1-8,11H2;1H. The second kappa shape index (κ2) is 6.27. The molecule has 2 saturated heterocycles. The number of likely N-dealkylation sites (tertiary alicyclic amines) is 1. The van der Waals surface area contributed by atoms with E-state index in [2.05, 4.69) is 0 Å². The Morgan fingerprint density at radius 1 is 1.06 bits per heavy atom. The number of amides is 2. The summed E-state index contributed by atoms with van der Waals surface area (Å²) in [5, 5.41) is 0. The fourth-order valence-electron chi connectivity index (χ4n) is 2.05. The summed E-state index contributed by atoms with van der Waals surface area (Å²) in [4.78, 5) is 15.8. The van der Waals surface area contributed by atoms with Crippen LogP contribution in [0, 0.1) is 0 Å². The molecule has 0 spiro atoms. The van der Waals surface area contributed by atoms with E-state index < -0.39 is 0 Å². The van der Waals surface area contributed by atoms with Gasteiger partial charge in [-0.15, -0.1) is 12.4 Å². The first-order chi connectivity index (χ1) is 7.27. The van der Waals surface area contributed by atoms with Gasteiger partial charge in [-0.3, -0.25) is 0 Å². The molecule has 0 aliphatic carbocycles. The maximum atomic E-state index is 12.0. The van der Waals surface area contributed by atoms with Crippen molar-refractivity contribution in [3.63, 3.8) is 0 Å². The van der Waals surface area contributed by atoms with Gasteiger partial charge in [0, 0.05) is 32.2 Å². The van der Waals surface area contributed by atoms with Gasteiger partial charge in [-0.2, -0.15) is 0 Å². The van der Waals surface area contributed by atoms with Crippen LogP contribution in [-0.2, 0) is 4.74 Å². The second-order valence-corrected chi connectivity index (χ2v) is 4.21. The van der Waals surface area contributed by atoms with E-state index in [-0.39, 0.29) is 24.5 Å². The molecular weight excluding hydrogens is 230 g/mol. The number of hydrogen-bond donors (Lipinski definition) is 1. The molecule has 0 bridgehead atoms. The summed E-state index contributed by atoms with van der Waals surface area (Å²) in [5.41, 5.74) is 5.80. The molecule has 0 atom stereocenters. The zero-order valence-corrected chi connectivity index (χ0v) is 10.2. The molecule has 2 rings (SSSR count). The molecular formula is C10H20ClN3O2. The molecule has 2 amide bonds.